The number of anilines is 1. The Labute approximate surface area is 146 Å². The van der Waals surface area contributed by atoms with Crippen molar-refractivity contribution in [2.24, 2.45) is 0 Å². The number of ether oxygens (including phenoxy) is 1. The maximum Gasteiger partial charge on any atom is 0.495 e. The van der Waals surface area contributed by atoms with Gasteiger partial charge in [-0.3, -0.25) is 0 Å². The van der Waals surface area contributed by atoms with Crippen LogP contribution in [0.4, 0.5) is 18.9 Å². The second kappa shape index (κ2) is 6.18. The number of hydrogen-bond acceptors (Lipinski definition) is 4. The van der Waals surface area contributed by atoms with Gasteiger partial charge >= 0.3 is 13.3 Å². The SMILES string of the molecule is CC1(C)OB(c2ccc(N3CCOCC3)cc2C(F)(F)F)OC1(C)C. The molecule has 2 fully saturated rings. The van der Waals surface area contributed by atoms with Gasteiger partial charge < -0.3 is 18.9 Å². The average molecular weight is 357 g/mol. The van der Waals surface area contributed by atoms with E-state index in [0.717, 1.165) is 0 Å². The molecule has 1 aromatic carbocycles. The van der Waals surface area contributed by atoms with Crippen LogP contribution in [0.1, 0.15) is 33.3 Å². The second-order valence-corrected chi connectivity index (χ2v) is 7.46. The highest BCUT2D eigenvalue weighted by molar-refractivity contribution is 6.62. The lowest BCUT2D eigenvalue weighted by molar-refractivity contribution is -0.136. The van der Waals surface area contributed by atoms with Crippen LogP contribution in [-0.4, -0.2) is 44.6 Å². The van der Waals surface area contributed by atoms with Gasteiger partial charge in [0.25, 0.3) is 0 Å². The fraction of sp³-hybridized carbons (Fsp3) is 0.647. The maximum atomic E-state index is 13.7. The van der Waals surface area contributed by atoms with Gasteiger partial charge in [-0.15, -0.1) is 0 Å². The summed E-state index contributed by atoms with van der Waals surface area (Å²) in [5.74, 6) is 0. The van der Waals surface area contributed by atoms with Crippen LogP contribution in [0.15, 0.2) is 18.2 Å². The zero-order chi connectivity index (χ0) is 18.5. The van der Waals surface area contributed by atoms with Crippen molar-refractivity contribution in [2.75, 3.05) is 31.2 Å². The van der Waals surface area contributed by atoms with Crippen molar-refractivity contribution in [1.29, 1.82) is 0 Å². The number of benzene rings is 1. The summed E-state index contributed by atoms with van der Waals surface area (Å²) in [4.78, 5) is 1.90. The summed E-state index contributed by atoms with van der Waals surface area (Å²) >= 11 is 0. The molecule has 2 saturated heterocycles. The first-order chi connectivity index (χ1) is 11.5. The highest BCUT2D eigenvalue weighted by Gasteiger charge is 2.53. The molecular formula is C17H23BF3NO3. The molecule has 0 aromatic heterocycles. The molecule has 0 N–H and O–H groups in total. The van der Waals surface area contributed by atoms with Gasteiger partial charge in [0.1, 0.15) is 0 Å². The van der Waals surface area contributed by atoms with Crippen LogP contribution in [0.2, 0.25) is 0 Å². The van der Waals surface area contributed by atoms with Crippen LogP contribution in [0.5, 0.6) is 0 Å². The van der Waals surface area contributed by atoms with Gasteiger partial charge in [0.2, 0.25) is 0 Å². The van der Waals surface area contributed by atoms with Crippen molar-refractivity contribution < 1.29 is 27.2 Å². The summed E-state index contributed by atoms with van der Waals surface area (Å²) < 4.78 is 57.9. The second-order valence-electron chi connectivity index (χ2n) is 7.46. The number of morpholine rings is 1. The van der Waals surface area contributed by atoms with Gasteiger partial charge in [0, 0.05) is 18.8 Å². The van der Waals surface area contributed by atoms with Crippen LogP contribution in [0.25, 0.3) is 0 Å². The van der Waals surface area contributed by atoms with Crippen LogP contribution in [0, 0.1) is 0 Å². The van der Waals surface area contributed by atoms with E-state index in [1.807, 2.05) is 32.6 Å². The molecule has 0 spiro atoms. The molecule has 0 bridgehead atoms. The molecule has 0 saturated carbocycles. The Kier molecular flexibility index (Phi) is 4.58. The van der Waals surface area contributed by atoms with Crippen molar-refractivity contribution >= 4 is 18.3 Å². The standard InChI is InChI=1S/C17H23BF3NO3/c1-15(2)16(3,4)25-18(24-15)14-6-5-12(11-13(14)17(19,20)21)22-7-9-23-10-8-22/h5-6,11H,7-10H2,1-4H3. The number of nitrogens with zero attached hydrogens (tertiary/aromatic N) is 1. The topological polar surface area (TPSA) is 30.9 Å². The minimum absolute atomic E-state index is 0.0168. The fourth-order valence-corrected chi connectivity index (χ4v) is 2.98. The smallest absolute Gasteiger partial charge is 0.399 e. The lowest BCUT2D eigenvalue weighted by atomic mass is 9.75. The summed E-state index contributed by atoms with van der Waals surface area (Å²) in [6.45, 7) is 9.47. The van der Waals surface area contributed by atoms with Crippen molar-refractivity contribution in [3.63, 3.8) is 0 Å². The van der Waals surface area contributed by atoms with E-state index in [2.05, 4.69) is 0 Å². The summed E-state index contributed by atoms with van der Waals surface area (Å²) in [6, 6.07) is 4.35. The fourth-order valence-electron chi connectivity index (χ4n) is 2.98. The van der Waals surface area contributed by atoms with Gasteiger partial charge in [0.05, 0.1) is 30.0 Å². The molecule has 0 radical (unpaired) electrons. The monoisotopic (exact) mass is 357 g/mol. The van der Waals surface area contributed by atoms with Crippen molar-refractivity contribution in [2.45, 2.75) is 45.1 Å². The molecular weight excluding hydrogens is 334 g/mol. The summed E-state index contributed by atoms with van der Waals surface area (Å²) in [6.07, 6.45) is -4.48. The normalized spacial score (nSPS) is 23.2. The first kappa shape index (κ1) is 18.5. The first-order valence-corrected chi connectivity index (χ1v) is 8.41. The Morgan fingerprint density at radius 2 is 1.56 bits per heavy atom. The third-order valence-corrected chi connectivity index (χ3v) is 5.23. The lowest BCUT2D eigenvalue weighted by Gasteiger charge is -2.32. The molecule has 2 aliphatic heterocycles. The quantitative estimate of drug-likeness (QED) is 0.762. The molecule has 0 unspecified atom stereocenters. The number of hydrogen-bond donors (Lipinski definition) is 0. The molecule has 0 amide bonds. The van der Waals surface area contributed by atoms with E-state index in [-0.39, 0.29) is 5.46 Å². The molecule has 4 nitrogen and oxygen atoms in total. The largest absolute Gasteiger partial charge is 0.495 e. The summed E-state index contributed by atoms with van der Waals surface area (Å²) in [5.41, 5.74) is -1.54. The molecule has 1 aromatic rings. The van der Waals surface area contributed by atoms with Gasteiger partial charge in [-0.2, -0.15) is 13.2 Å². The molecule has 2 aliphatic rings. The molecule has 3 rings (SSSR count). The van der Waals surface area contributed by atoms with E-state index in [1.54, 1.807) is 6.07 Å². The van der Waals surface area contributed by atoms with Gasteiger partial charge in [-0.1, -0.05) is 6.07 Å². The van der Waals surface area contributed by atoms with Gasteiger partial charge in [-0.25, -0.2) is 0 Å². The predicted octanol–water partition coefficient (Wildman–Crippen LogP) is 2.84. The van der Waals surface area contributed by atoms with E-state index < -0.39 is 30.1 Å². The molecule has 138 valence electrons. The zero-order valence-electron chi connectivity index (χ0n) is 14.9. The van der Waals surface area contributed by atoms with Crippen LogP contribution in [0.3, 0.4) is 0 Å². The Morgan fingerprint density at radius 1 is 1.00 bits per heavy atom. The van der Waals surface area contributed by atoms with Crippen LogP contribution >= 0.6 is 0 Å². The minimum atomic E-state index is -4.48. The number of halogens is 3. The van der Waals surface area contributed by atoms with Gasteiger partial charge in [0.15, 0.2) is 0 Å². The Bertz CT molecular complexity index is 627. The molecule has 25 heavy (non-hydrogen) atoms. The highest BCUT2D eigenvalue weighted by atomic mass is 19.4. The Morgan fingerprint density at radius 3 is 2.08 bits per heavy atom. The maximum absolute atomic E-state index is 13.7. The highest BCUT2D eigenvalue weighted by Crippen LogP contribution is 2.38. The Hall–Kier alpha value is -1.25. The lowest BCUT2D eigenvalue weighted by Crippen LogP contribution is -2.41. The molecule has 0 atom stereocenters. The third-order valence-electron chi connectivity index (χ3n) is 5.23. The molecule has 2 heterocycles. The summed E-state index contributed by atoms with van der Waals surface area (Å²) in [5, 5.41) is 0. The van der Waals surface area contributed by atoms with E-state index in [1.165, 1.54) is 12.1 Å². The zero-order valence-corrected chi connectivity index (χ0v) is 14.9. The van der Waals surface area contributed by atoms with E-state index in [4.69, 9.17) is 14.0 Å². The number of rotatable bonds is 2. The van der Waals surface area contributed by atoms with E-state index in [9.17, 15) is 13.2 Å². The predicted molar refractivity (Wildman–Crippen MR) is 90.2 cm³/mol. The van der Waals surface area contributed by atoms with Crippen LogP contribution in [-0.2, 0) is 20.2 Å². The van der Waals surface area contributed by atoms with Crippen LogP contribution < -0.4 is 10.4 Å². The third kappa shape index (κ3) is 3.52. The average Bonchev–Trinajstić information content (AvgIpc) is 2.75. The van der Waals surface area contributed by atoms with Crippen molar-refractivity contribution in [3.8, 4) is 0 Å². The summed E-state index contributed by atoms with van der Waals surface area (Å²) in [7, 11) is -1.04. The van der Waals surface area contributed by atoms with E-state index >= 15 is 0 Å². The minimum Gasteiger partial charge on any atom is -0.399 e. The van der Waals surface area contributed by atoms with Crippen molar-refractivity contribution in [3.05, 3.63) is 23.8 Å². The van der Waals surface area contributed by atoms with E-state index in [0.29, 0.717) is 32.0 Å². The molecule has 8 heteroatoms. The van der Waals surface area contributed by atoms with Gasteiger partial charge in [-0.05, 0) is 45.3 Å². The number of alkyl halides is 3. The van der Waals surface area contributed by atoms with Crippen molar-refractivity contribution in [1.82, 2.24) is 0 Å². The Balaban J connectivity index is 1.97. The first-order valence-electron chi connectivity index (χ1n) is 8.41. The molecule has 0 aliphatic carbocycles.